The highest BCUT2D eigenvalue weighted by molar-refractivity contribution is 5.29. The van der Waals surface area contributed by atoms with Crippen LogP contribution in [0.15, 0.2) is 23.1 Å². The Kier molecular flexibility index (Phi) is 2.79. The van der Waals surface area contributed by atoms with Crippen LogP contribution in [0, 0.1) is 5.92 Å². The molecule has 0 saturated heterocycles. The van der Waals surface area contributed by atoms with E-state index in [9.17, 15) is 0 Å². The summed E-state index contributed by atoms with van der Waals surface area (Å²) in [6.07, 6.45) is 3.96. The average Bonchev–Trinajstić information content (AvgIpc) is 2.03. The summed E-state index contributed by atoms with van der Waals surface area (Å²) in [6, 6.07) is 0. The molecule has 2 nitrogen and oxygen atoms in total. The first kappa shape index (κ1) is 9.17. The Morgan fingerprint density at radius 3 is 2.58 bits per heavy atom. The lowest BCUT2D eigenvalue weighted by Gasteiger charge is -2.19. The van der Waals surface area contributed by atoms with Crippen molar-refractivity contribution in [3.8, 4) is 0 Å². The second-order valence-electron chi connectivity index (χ2n) is 3.47. The molecular formula is C10H17NO. The van der Waals surface area contributed by atoms with Gasteiger partial charge < -0.3 is 10.5 Å². The van der Waals surface area contributed by atoms with Gasteiger partial charge in [0.05, 0.1) is 7.11 Å². The van der Waals surface area contributed by atoms with Gasteiger partial charge in [0.15, 0.2) is 0 Å². The van der Waals surface area contributed by atoms with Gasteiger partial charge in [0.25, 0.3) is 0 Å². The molecule has 0 radical (unpaired) electrons. The molecule has 0 heterocycles. The zero-order valence-corrected chi connectivity index (χ0v) is 8.05. The molecule has 2 heteroatoms. The van der Waals surface area contributed by atoms with E-state index in [1.807, 2.05) is 6.08 Å². The van der Waals surface area contributed by atoms with Gasteiger partial charge in [-0.25, -0.2) is 0 Å². The molecule has 0 bridgehead atoms. The topological polar surface area (TPSA) is 35.2 Å². The number of hydrogen-bond acceptors (Lipinski definition) is 2. The van der Waals surface area contributed by atoms with Crippen molar-refractivity contribution >= 4 is 0 Å². The molecule has 0 atom stereocenters. The van der Waals surface area contributed by atoms with E-state index in [1.165, 1.54) is 5.57 Å². The Morgan fingerprint density at radius 1 is 1.42 bits per heavy atom. The monoisotopic (exact) mass is 167 g/mol. The lowest BCUT2D eigenvalue weighted by atomic mass is 9.92. The molecule has 1 aliphatic carbocycles. The quantitative estimate of drug-likeness (QED) is 0.684. The van der Waals surface area contributed by atoms with Crippen molar-refractivity contribution in [1.82, 2.24) is 0 Å². The van der Waals surface area contributed by atoms with Crippen molar-refractivity contribution in [2.75, 3.05) is 7.11 Å². The third-order valence-corrected chi connectivity index (χ3v) is 2.23. The van der Waals surface area contributed by atoms with Crippen LogP contribution in [0.25, 0.3) is 0 Å². The first-order valence-electron chi connectivity index (χ1n) is 4.38. The number of nitrogens with two attached hydrogens (primary N) is 1. The highest BCUT2D eigenvalue weighted by atomic mass is 16.5. The highest BCUT2D eigenvalue weighted by Crippen LogP contribution is 2.27. The number of rotatable bonds is 2. The second kappa shape index (κ2) is 3.65. The van der Waals surface area contributed by atoms with E-state index < -0.39 is 0 Å². The Balaban J connectivity index is 2.91. The number of methoxy groups -OCH3 is 1. The Labute approximate surface area is 74.1 Å². The summed E-state index contributed by atoms with van der Waals surface area (Å²) in [4.78, 5) is 0. The maximum Gasteiger partial charge on any atom is 0.120 e. The fraction of sp³-hybridized carbons (Fsp3) is 0.600. The first-order valence-corrected chi connectivity index (χ1v) is 4.38. The standard InChI is InChI=1S/C10H17NO/c1-7(2)9-5-4-8(11)6-10(9)12-3/h6-7H,4-5,11H2,1-3H3. The smallest absolute Gasteiger partial charge is 0.120 e. The van der Waals surface area contributed by atoms with Gasteiger partial charge in [0.1, 0.15) is 5.76 Å². The molecule has 0 aromatic carbocycles. The average molecular weight is 167 g/mol. The minimum Gasteiger partial charge on any atom is -0.497 e. The van der Waals surface area contributed by atoms with Crippen LogP contribution >= 0.6 is 0 Å². The molecule has 12 heavy (non-hydrogen) atoms. The molecule has 0 aromatic heterocycles. The van der Waals surface area contributed by atoms with Crippen molar-refractivity contribution < 1.29 is 4.74 Å². The minimum absolute atomic E-state index is 0.560. The number of allylic oxidation sites excluding steroid dienone is 3. The Morgan fingerprint density at radius 2 is 2.08 bits per heavy atom. The molecule has 1 aliphatic rings. The van der Waals surface area contributed by atoms with E-state index in [1.54, 1.807) is 7.11 Å². The summed E-state index contributed by atoms with van der Waals surface area (Å²) in [5.41, 5.74) is 8.02. The molecule has 0 saturated carbocycles. The molecule has 68 valence electrons. The summed E-state index contributed by atoms with van der Waals surface area (Å²) in [5, 5.41) is 0. The van der Waals surface area contributed by atoms with E-state index in [2.05, 4.69) is 13.8 Å². The molecule has 0 fully saturated rings. The summed E-state index contributed by atoms with van der Waals surface area (Å²) < 4.78 is 5.26. The first-order chi connectivity index (χ1) is 5.65. The Bertz CT molecular complexity index is 226. The summed E-state index contributed by atoms with van der Waals surface area (Å²) in [7, 11) is 1.70. The summed E-state index contributed by atoms with van der Waals surface area (Å²) in [5.74, 6) is 1.53. The van der Waals surface area contributed by atoms with Gasteiger partial charge in [-0.3, -0.25) is 0 Å². The van der Waals surface area contributed by atoms with Crippen LogP contribution in [0.5, 0.6) is 0 Å². The maximum atomic E-state index is 5.71. The van der Waals surface area contributed by atoms with Crippen LogP contribution in [-0.2, 0) is 4.74 Å². The van der Waals surface area contributed by atoms with Gasteiger partial charge in [0, 0.05) is 5.70 Å². The van der Waals surface area contributed by atoms with Gasteiger partial charge in [-0.05, 0) is 30.4 Å². The van der Waals surface area contributed by atoms with Gasteiger partial charge in [-0.15, -0.1) is 0 Å². The predicted molar refractivity (Wildman–Crippen MR) is 50.4 cm³/mol. The van der Waals surface area contributed by atoms with E-state index in [0.717, 1.165) is 24.3 Å². The molecular weight excluding hydrogens is 150 g/mol. The Hall–Kier alpha value is -0.920. The number of hydrogen-bond donors (Lipinski definition) is 1. The number of ether oxygens (including phenoxy) is 1. The van der Waals surface area contributed by atoms with Crippen molar-refractivity contribution in [2.45, 2.75) is 26.7 Å². The van der Waals surface area contributed by atoms with E-state index in [0.29, 0.717) is 5.92 Å². The highest BCUT2D eigenvalue weighted by Gasteiger charge is 2.14. The van der Waals surface area contributed by atoms with Gasteiger partial charge >= 0.3 is 0 Å². The minimum atomic E-state index is 0.560. The van der Waals surface area contributed by atoms with E-state index in [4.69, 9.17) is 10.5 Å². The third-order valence-electron chi connectivity index (χ3n) is 2.23. The second-order valence-corrected chi connectivity index (χ2v) is 3.47. The van der Waals surface area contributed by atoms with Crippen molar-refractivity contribution in [3.63, 3.8) is 0 Å². The van der Waals surface area contributed by atoms with E-state index in [-0.39, 0.29) is 0 Å². The van der Waals surface area contributed by atoms with Crippen LogP contribution in [0.2, 0.25) is 0 Å². The SMILES string of the molecule is COC1=C(C(C)C)CCC(N)=C1. The van der Waals surface area contributed by atoms with Crippen molar-refractivity contribution in [1.29, 1.82) is 0 Å². The molecule has 2 N–H and O–H groups in total. The molecule has 0 unspecified atom stereocenters. The fourth-order valence-corrected chi connectivity index (χ4v) is 1.50. The van der Waals surface area contributed by atoms with Gasteiger partial charge in [-0.1, -0.05) is 13.8 Å². The largest absolute Gasteiger partial charge is 0.497 e. The van der Waals surface area contributed by atoms with E-state index >= 15 is 0 Å². The lowest BCUT2D eigenvalue weighted by Crippen LogP contribution is -2.10. The van der Waals surface area contributed by atoms with Crippen LogP contribution in [0.1, 0.15) is 26.7 Å². The molecule has 0 amide bonds. The van der Waals surface area contributed by atoms with Crippen LogP contribution in [-0.4, -0.2) is 7.11 Å². The predicted octanol–water partition coefficient (Wildman–Crippen LogP) is 2.18. The van der Waals surface area contributed by atoms with Gasteiger partial charge in [-0.2, -0.15) is 0 Å². The van der Waals surface area contributed by atoms with Crippen molar-refractivity contribution in [2.24, 2.45) is 11.7 Å². The fourth-order valence-electron chi connectivity index (χ4n) is 1.50. The zero-order valence-electron chi connectivity index (χ0n) is 8.05. The van der Waals surface area contributed by atoms with Crippen LogP contribution in [0.4, 0.5) is 0 Å². The normalized spacial score (nSPS) is 18.2. The molecule has 0 aliphatic heterocycles. The lowest BCUT2D eigenvalue weighted by molar-refractivity contribution is 0.293. The zero-order chi connectivity index (χ0) is 9.14. The summed E-state index contributed by atoms with van der Waals surface area (Å²) in [6.45, 7) is 4.37. The maximum absolute atomic E-state index is 5.71. The van der Waals surface area contributed by atoms with Gasteiger partial charge in [0.2, 0.25) is 0 Å². The molecule has 0 aromatic rings. The molecule has 0 spiro atoms. The van der Waals surface area contributed by atoms with Crippen LogP contribution in [0.3, 0.4) is 0 Å². The third kappa shape index (κ3) is 1.81. The molecule has 1 rings (SSSR count). The summed E-state index contributed by atoms with van der Waals surface area (Å²) >= 11 is 0. The van der Waals surface area contributed by atoms with Crippen LogP contribution < -0.4 is 5.73 Å². The van der Waals surface area contributed by atoms with Crippen molar-refractivity contribution in [3.05, 3.63) is 23.1 Å².